The van der Waals surface area contributed by atoms with Crippen LogP contribution in [-0.2, 0) is 11.8 Å². The molecule has 1 heterocycles. The molecule has 2 aromatic rings. The quantitative estimate of drug-likeness (QED) is 0.877. The van der Waals surface area contributed by atoms with Gasteiger partial charge in [-0.25, -0.2) is 0 Å². The van der Waals surface area contributed by atoms with Gasteiger partial charge in [-0.1, -0.05) is 29.4 Å². The summed E-state index contributed by atoms with van der Waals surface area (Å²) in [6.45, 7) is 5.59. The number of aromatic nitrogens is 3. The number of benzene rings is 1. The molecule has 112 valence electrons. The number of thioether (sulfide) groups is 1. The normalized spacial score (nSPS) is 12.2. The summed E-state index contributed by atoms with van der Waals surface area (Å²) in [4.78, 5) is 12.3. The Balaban J connectivity index is 2.06. The zero-order chi connectivity index (χ0) is 15.6. The number of anilines is 1. The van der Waals surface area contributed by atoms with Gasteiger partial charge in [0.2, 0.25) is 5.91 Å². The van der Waals surface area contributed by atoms with Crippen molar-refractivity contribution in [2.75, 3.05) is 5.32 Å². The second-order valence-electron chi connectivity index (χ2n) is 4.75. The molecule has 0 unspecified atom stereocenters. The van der Waals surface area contributed by atoms with Crippen molar-refractivity contribution in [3.8, 4) is 0 Å². The molecule has 0 bridgehead atoms. The maximum atomic E-state index is 12.3. The minimum absolute atomic E-state index is 0.0916. The third-order valence-corrected chi connectivity index (χ3v) is 4.77. The van der Waals surface area contributed by atoms with Crippen LogP contribution in [0.3, 0.4) is 0 Å². The van der Waals surface area contributed by atoms with Crippen LogP contribution < -0.4 is 5.32 Å². The van der Waals surface area contributed by atoms with E-state index in [2.05, 4.69) is 15.5 Å². The lowest BCUT2D eigenvalue weighted by molar-refractivity contribution is -0.115. The molecule has 1 aromatic heterocycles. The summed E-state index contributed by atoms with van der Waals surface area (Å²) in [5, 5.41) is 12.0. The van der Waals surface area contributed by atoms with E-state index in [9.17, 15) is 4.79 Å². The summed E-state index contributed by atoms with van der Waals surface area (Å²) < 4.78 is 1.86. The van der Waals surface area contributed by atoms with Gasteiger partial charge < -0.3 is 9.88 Å². The van der Waals surface area contributed by atoms with Crippen molar-refractivity contribution in [3.63, 3.8) is 0 Å². The second kappa shape index (κ2) is 6.49. The van der Waals surface area contributed by atoms with Gasteiger partial charge in [0.1, 0.15) is 5.82 Å². The van der Waals surface area contributed by atoms with Crippen LogP contribution in [0.25, 0.3) is 0 Å². The lowest BCUT2D eigenvalue weighted by atomic mass is 10.2. The molecule has 2 rings (SSSR count). The maximum Gasteiger partial charge on any atom is 0.237 e. The van der Waals surface area contributed by atoms with Gasteiger partial charge in [-0.05, 0) is 38.5 Å². The molecule has 0 saturated carbocycles. The average molecular weight is 325 g/mol. The van der Waals surface area contributed by atoms with E-state index in [0.29, 0.717) is 5.02 Å². The highest BCUT2D eigenvalue weighted by molar-refractivity contribution is 8.00. The number of hydrogen-bond acceptors (Lipinski definition) is 4. The Morgan fingerprint density at radius 2 is 2.10 bits per heavy atom. The van der Waals surface area contributed by atoms with Crippen molar-refractivity contribution in [1.29, 1.82) is 0 Å². The van der Waals surface area contributed by atoms with Gasteiger partial charge >= 0.3 is 0 Å². The second-order valence-corrected chi connectivity index (χ2v) is 6.47. The number of nitrogens with one attached hydrogen (secondary N) is 1. The van der Waals surface area contributed by atoms with Crippen molar-refractivity contribution in [3.05, 3.63) is 34.6 Å². The number of hydrogen-bond donors (Lipinski definition) is 1. The van der Waals surface area contributed by atoms with Gasteiger partial charge in [0, 0.05) is 17.8 Å². The lowest BCUT2D eigenvalue weighted by Gasteiger charge is -2.13. The zero-order valence-electron chi connectivity index (χ0n) is 12.3. The molecule has 5 nitrogen and oxygen atoms in total. The number of halogens is 1. The molecule has 1 aromatic carbocycles. The van der Waals surface area contributed by atoms with Crippen LogP contribution >= 0.6 is 23.4 Å². The molecule has 21 heavy (non-hydrogen) atoms. The predicted molar refractivity (Wildman–Crippen MR) is 85.9 cm³/mol. The first-order chi connectivity index (χ1) is 9.90. The summed E-state index contributed by atoms with van der Waals surface area (Å²) in [7, 11) is 1.88. The van der Waals surface area contributed by atoms with E-state index >= 15 is 0 Å². The molecule has 0 aliphatic heterocycles. The molecular weight excluding hydrogens is 308 g/mol. The largest absolute Gasteiger partial charge is 0.325 e. The molecular formula is C14H17ClN4OS. The first kappa shape index (κ1) is 15.9. The molecule has 7 heteroatoms. The van der Waals surface area contributed by atoms with Gasteiger partial charge in [0.05, 0.1) is 5.25 Å². The van der Waals surface area contributed by atoms with Crippen molar-refractivity contribution in [2.24, 2.45) is 7.05 Å². The summed E-state index contributed by atoms with van der Waals surface area (Å²) >= 11 is 7.42. The maximum absolute atomic E-state index is 12.3. The Morgan fingerprint density at radius 3 is 2.71 bits per heavy atom. The highest BCUT2D eigenvalue weighted by Gasteiger charge is 2.18. The molecule has 0 aliphatic carbocycles. The van der Waals surface area contributed by atoms with Gasteiger partial charge in [-0.2, -0.15) is 0 Å². The predicted octanol–water partition coefficient (Wildman–Crippen LogP) is 3.20. The third kappa shape index (κ3) is 3.57. The van der Waals surface area contributed by atoms with Crippen LogP contribution in [0.4, 0.5) is 5.69 Å². The topological polar surface area (TPSA) is 59.8 Å². The van der Waals surface area contributed by atoms with E-state index in [1.807, 2.05) is 44.5 Å². The van der Waals surface area contributed by atoms with E-state index < -0.39 is 0 Å². The zero-order valence-corrected chi connectivity index (χ0v) is 13.9. The highest BCUT2D eigenvalue weighted by atomic mass is 35.5. The Kier molecular flexibility index (Phi) is 4.90. The van der Waals surface area contributed by atoms with Crippen LogP contribution in [0.15, 0.2) is 23.4 Å². The molecule has 0 aliphatic rings. The van der Waals surface area contributed by atoms with E-state index in [4.69, 9.17) is 11.6 Å². The fraction of sp³-hybridized carbons (Fsp3) is 0.357. The number of nitrogens with zero attached hydrogens (tertiary/aromatic N) is 3. The van der Waals surface area contributed by atoms with Gasteiger partial charge in [-0.3, -0.25) is 4.79 Å². The smallest absolute Gasteiger partial charge is 0.237 e. The Morgan fingerprint density at radius 1 is 1.38 bits per heavy atom. The van der Waals surface area contributed by atoms with Crippen LogP contribution in [0.1, 0.15) is 18.3 Å². The summed E-state index contributed by atoms with van der Waals surface area (Å²) in [6, 6.07) is 5.45. The first-order valence-electron chi connectivity index (χ1n) is 6.48. The molecule has 0 fully saturated rings. The Labute approximate surface area is 133 Å². The highest BCUT2D eigenvalue weighted by Crippen LogP contribution is 2.25. The Hall–Kier alpha value is -1.53. The van der Waals surface area contributed by atoms with E-state index in [0.717, 1.165) is 22.2 Å². The van der Waals surface area contributed by atoms with Crippen LogP contribution in [0.2, 0.25) is 5.02 Å². The number of amides is 1. The molecule has 1 amide bonds. The molecule has 0 saturated heterocycles. The molecule has 1 N–H and O–H groups in total. The standard InChI is InChI=1S/C14H17ClN4OS/c1-8-11(15)6-5-7-12(8)16-13(20)9(2)21-14-18-17-10(3)19(14)4/h5-7,9H,1-4H3,(H,16,20)/t9-/m1/s1. The average Bonchev–Trinajstić information content (AvgIpc) is 2.75. The number of aryl methyl sites for hydroxylation is 1. The SMILES string of the molecule is Cc1c(Cl)cccc1NC(=O)[C@@H](C)Sc1nnc(C)n1C. The summed E-state index contributed by atoms with van der Waals surface area (Å²) in [6.07, 6.45) is 0. The number of carbonyl (C=O) groups excluding carboxylic acids is 1. The monoisotopic (exact) mass is 324 g/mol. The van der Waals surface area contributed by atoms with Crippen molar-refractivity contribution >= 4 is 35.0 Å². The van der Waals surface area contributed by atoms with Gasteiger partial charge in [0.15, 0.2) is 5.16 Å². The molecule has 0 spiro atoms. The number of rotatable bonds is 4. The fourth-order valence-corrected chi connectivity index (χ4v) is 2.71. The first-order valence-corrected chi connectivity index (χ1v) is 7.74. The van der Waals surface area contributed by atoms with Crippen molar-refractivity contribution < 1.29 is 4.79 Å². The Bertz CT molecular complexity index is 671. The minimum Gasteiger partial charge on any atom is -0.325 e. The van der Waals surface area contributed by atoms with E-state index in [1.54, 1.807) is 6.07 Å². The van der Waals surface area contributed by atoms with Crippen LogP contribution in [-0.4, -0.2) is 25.9 Å². The van der Waals surface area contributed by atoms with Crippen LogP contribution in [0.5, 0.6) is 0 Å². The molecule has 0 radical (unpaired) electrons. The summed E-state index contributed by atoms with van der Waals surface area (Å²) in [5.74, 6) is 0.724. The van der Waals surface area contributed by atoms with Crippen molar-refractivity contribution in [2.45, 2.75) is 31.2 Å². The number of carbonyl (C=O) groups is 1. The third-order valence-electron chi connectivity index (χ3n) is 3.23. The van der Waals surface area contributed by atoms with Crippen LogP contribution in [0, 0.1) is 13.8 Å². The fourth-order valence-electron chi connectivity index (χ4n) is 1.68. The van der Waals surface area contributed by atoms with Gasteiger partial charge in [0.25, 0.3) is 0 Å². The lowest BCUT2D eigenvalue weighted by Crippen LogP contribution is -2.23. The minimum atomic E-state index is -0.286. The molecule has 1 atom stereocenters. The van der Waals surface area contributed by atoms with E-state index in [-0.39, 0.29) is 11.2 Å². The van der Waals surface area contributed by atoms with E-state index in [1.165, 1.54) is 11.8 Å². The van der Waals surface area contributed by atoms with Crippen molar-refractivity contribution in [1.82, 2.24) is 14.8 Å². The summed E-state index contributed by atoms with van der Waals surface area (Å²) in [5.41, 5.74) is 1.59. The van der Waals surface area contributed by atoms with Gasteiger partial charge in [-0.15, -0.1) is 10.2 Å².